The van der Waals surface area contributed by atoms with Gasteiger partial charge in [-0.05, 0) is 42.7 Å². The van der Waals surface area contributed by atoms with Gasteiger partial charge in [-0.15, -0.1) is 0 Å². The maximum Gasteiger partial charge on any atom is 0.242 e. The van der Waals surface area contributed by atoms with Crippen molar-refractivity contribution in [1.82, 2.24) is 4.72 Å². The standard InChI is InChI=1S/C19H22ClNO4S/c1-24-16-8-6-15(7-9-16)19(10-12-25-13-11-19)14-21-26(22,23)18-5-3-2-4-17(18)20/h2-9,21H,10-14H2,1H3. The van der Waals surface area contributed by atoms with Gasteiger partial charge < -0.3 is 9.47 Å². The number of nitrogens with one attached hydrogen (secondary N) is 1. The van der Waals surface area contributed by atoms with Gasteiger partial charge in [-0.3, -0.25) is 0 Å². The average Bonchev–Trinajstić information content (AvgIpc) is 2.67. The molecule has 0 atom stereocenters. The number of hydrogen-bond donors (Lipinski definition) is 1. The van der Waals surface area contributed by atoms with Crippen LogP contribution in [0.2, 0.25) is 5.02 Å². The summed E-state index contributed by atoms with van der Waals surface area (Å²) in [6.45, 7) is 1.48. The first kappa shape index (κ1) is 19.2. The van der Waals surface area contributed by atoms with Gasteiger partial charge in [0.2, 0.25) is 10.0 Å². The van der Waals surface area contributed by atoms with E-state index in [9.17, 15) is 8.42 Å². The van der Waals surface area contributed by atoms with Crippen molar-refractivity contribution in [3.8, 4) is 5.75 Å². The largest absolute Gasteiger partial charge is 0.497 e. The van der Waals surface area contributed by atoms with E-state index < -0.39 is 10.0 Å². The van der Waals surface area contributed by atoms with Crippen molar-refractivity contribution in [2.24, 2.45) is 0 Å². The van der Waals surface area contributed by atoms with E-state index >= 15 is 0 Å². The predicted molar refractivity (Wildman–Crippen MR) is 101 cm³/mol. The van der Waals surface area contributed by atoms with Crippen LogP contribution >= 0.6 is 11.6 Å². The molecular weight excluding hydrogens is 374 g/mol. The van der Waals surface area contributed by atoms with E-state index in [1.165, 1.54) is 6.07 Å². The quantitative estimate of drug-likeness (QED) is 0.814. The van der Waals surface area contributed by atoms with Crippen LogP contribution in [0.4, 0.5) is 0 Å². The molecule has 0 amide bonds. The van der Waals surface area contributed by atoms with E-state index in [1.54, 1.807) is 25.3 Å². The Kier molecular flexibility index (Phi) is 5.87. The number of halogens is 1. The second-order valence-electron chi connectivity index (χ2n) is 6.38. The summed E-state index contributed by atoms with van der Waals surface area (Å²) >= 11 is 6.06. The first-order chi connectivity index (χ1) is 12.5. The molecule has 1 fully saturated rings. The molecule has 1 heterocycles. The summed E-state index contributed by atoms with van der Waals surface area (Å²) in [5.74, 6) is 0.771. The lowest BCUT2D eigenvalue weighted by molar-refractivity contribution is 0.0517. The fourth-order valence-corrected chi connectivity index (χ4v) is 4.89. The van der Waals surface area contributed by atoms with Crippen molar-refractivity contribution >= 4 is 21.6 Å². The predicted octanol–water partition coefficient (Wildman–Crippen LogP) is 3.38. The van der Waals surface area contributed by atoms with Gasteiger partial charge in [0.15, 0.2) is 0 Å². The molecule has 1 aliphatic rings. The van der Waals surface area contributed by atoms with Gasteiger partial charge in [0.25, 0.3) is 0 Å². The monoisotopic (exact) mass is 395 g/mol. The molecule has 0 radical (unpaired) electrons. The third-order valence-electron chi connectivity index (χ3n) is 4.88. The maximum atomic E-state index is 12.7. The smallest absolute Gasteiger partial charge is 0.242 e. The molecule has 2 aromatic carbocycles. The molecule has 7 heteroatoms. The van der Waals surface area contributed by atoms with Crippen LogP contribution in [0.1, 0.15) is 18.4 Å². The molecule has 2 aromatic rings. The molecule has 140 valence electrons. The second kappa shape index (κ2) is 7.96. The topological polar surface area (TPSA) is 64.6 Å². The van der Waals surface area contributed by atoms with Crippen LogP contribution in [-0.2, 0) is 20.2 Å². The molecule has 5 nitrogen and oxygen atoms in total. The van der Waals surface area contributed by atoms with Gasteiger partial charge in [-0.25, -0.2) is 13.1 Å². The number of sulfonamides is 1. The molecule has 0 bridgehead atoms. The van der Waals surface area contributed by atoms with E-state index in [1.807, 2.05) is 24.3 Å². The second-order valence-corrected chi connectivity index (χ2v) is 8.52. The Morgan fingerprint density at radius 3 is 2.38 bits per heavy atom. The molecule has 1 saturated heterocycles. The lowest BCUT2D eigenvalue weighted by atomic mass is 9.74. The number of ether oxygens (including phenoxy) is 2. The number of rotatable bonds is 6. The van der Waals surface area contributed by atoms with E-state index in [-0.39, 0.29) is 21.9 Å². The average molecular weight is 396 g/mol. The summed E-state index contributed by atoms with van der Waals surface area (Å²) < 4.78 is 38.9. The van der Waals surface area contributed by atoms with Gasteiger partial charge in [-0.1, -0.05) is 35.9 Å². The van der Waals surface area contributed by atoms with Crippen LogP contribution in [-0.4, -0.2) is 35.3 Å². The fraction of sp³-hybridized carbons (Fsp3) is 0.368. The van der Waals surface area contributed by atoms with E-state index in [4.69, 9.17) is 21.1 Å². The van der Waals surface area contributed by atoms with Crippen molar-refractivity contribution < 1.29 is 17.9 Å². The van der Waals surface area contributed by atoms with Crippen LogP contribution in [0, 0.1) is 0 Å². The first-order valence-electron chi connectivity index (χ1n) is 8.43. The summed E-state index contributed by atoms with van der Waals surface area (Å²) in [6, 6.07) is 14.2. The van der Waals surface area contributed by atoms with Gasteiger partial charge >= 0.3 is 0 Å². The summed E-state index contributed by atoms with van der Waals surface area (Å²) in [6.07, 6.45) is 1.48. The van der Waals surface area contributed by atoms with Gasteiger partial charge in [0.05, 0.1) is 12.1 Å². The summed E-state index contributed by atoms with van der Waals surface area (Å²) in [7, 11) is -2.07. The third-order valence-corrected chi connectivity index (χ3v) is 6.78. The number of hydrogen-bond acceptors (Lipinski definition) is 4. The minimum atomic E-state index is -3.70. The Balaban J connectivity index is 1.86. The zero-order valence-corrected chi connectivity index (χ0v) is 16.1. The number of benzene rings is 2. The van der Waals surface area contributed by atoms with E-state index in [2.05, 4.69) is 4.72 Å². The van der Waals surface area contributed by atoms with Crippen LogP contribution in [0.5, 0.6) is 5.75 Å². The third kappa shape index (κ3) is 4.04. The summed E-state index contributed by atoms with van der Waals surface area (Å²) in [5, 5.41) is 0.213. The van der Waals surface area contributed by atoms with Crippen molar-refractivity contribution in [2.75, 3.05) is 26.9 Å². The van der Waals surface area contributed by atoms with Gasteiger partial charge in [0, 0.05) is 25.2 Å². The molecule has 0 aliphatic carbocycles. The van der Waals surface area contributed by atoms with Crippen molar-refractivity contribution in [2.45, 2.75) is 23.2 Å². The van der Waals surface area contributed by atoms with E-state index in [0.717, 1.165) is 24.2 Å². The highest BCUT2D eigenvalue weighted by atomic mass is 35.5. The SMILES string of the molecule is COc1ccc(C2(CNS(=O)(=O)c3ccccc3Cl)CCOCC2)cc1. The van der Waals surface area contributed by atoms with E-state index in [0.29, 0.717) is 13.2 Å². The summed E-state index contributed by atoms with van der Waals surface area (Å²) in [4.78, 5) is 0.0959. The highest BCUT2D eigenvalue weighted by Gasteiger charge is 2.36. The van der Waals surface area contributed by atoms with Crippen LogP contribution in [0.25, 0.3) is 0 Å². The molecule has 1 N–H and O–H groups in total. The van der Waals surface area contributed by atoms with Crippen LogP contribution < -0.4 is 9.46 Å². The fourth-order valence-electron chi connectivity index (χ4n) is 3.25. The van der Waals surface area contributed by atoms with Crippen molar-refractivity contribution in [3.05, 3.63) is 59.1 Å². The highest BCUT2D eigenvalue weighted by molar-refractivity contribution is 7.89. The molecule has 0 unspecified atom stereocenters. The van der Waals surface area contributed by atoms with Crippen molar-refractivity contribution in [3.63, 3.8) is 0 Å². The maximum absolute atomic E-state index is 12.7. The zero-order valence-electron chi connectivity index (χ0n) is 14.6. The highest BCUT2D eigenvalue weighted by Crippen LogP contribution is 2.35. The molecule has 3 rings (SSSR count). The lowest BCUT2D eigenvalue weighted by Gasteiger charge is -2.38. The molecule has 1 aliphatic heterocycles. The Labute approximate surface area is 159 Å². The lowest BCUT2D eigenvalue weighted by Crippen LogP contribution is -2.44. The molecular formula is C19H22ClNO4S. The molecule has 26 heavy (non-hydrogen) atoms. The Morgan fingerprint density at radius 2 is 1.77 bits per heavy atom. The molecule has 0 aromatic heterocycles. The normalized spacial score (nSPS) is 17.0. The van der Waals surface area contributed by atoms with Gasteiger partial charge in [-0.2, -0.15) is 0 Å². The molecule has 0 spiro atoms. The van der Waals surface area contributed by atoms with Crippen molar-refractivity contribution in [1.29, 1.82) is 0 Å². The number of methoxy groups -OCH3 is 1. The zero-order chi connectivity index (χ0) is 18.6. The minimum absolute atomic E-state index is 0.0959. The van der Waals surface area contributed by atoms with Crippen LogP contribution in [0.3, 0.4) is 0 Å². The Bertz CT molecular complexity index is 846. The van der Waals surface area contributed by atoms with Gasteiger partial charge in [0.1, 0.15) is 10.6 Å². The minimum Gasteiger partial charge on any atom is -0.497 e. The molecule has 0 saturated carbocycles. The Hall–Kier alpha value is -1.60. The summed E-state index contributed by atoms with van der Waals surface area (Å²) in [5.41, 5.74) is 0.752. The van der Waals surface area contributed by atoms with Crippen LogP contribution in [0.15, 0.2) is 53.4 Å². The first-order valence-corrected chi connectivity index (χ1v) is 10.3. The Morgan fingerprint density at radius 1 is 1.12 bits per heavy atom.